The molecule has 1 aliphatic carbocycles. The van der Waals surface area contributed by atoms with Gasteiger partial charge in [0, 0.05) is 11.8 Å². The predicted octanol–water partition coefficient (Wildman–Crippen LogP) is 1.01. The minimum absolute atomic E-state index is 0.167. The van der Waals surface area contributed by atoms with E-state index in [0.717, 1.165) is 0 Å². The third-order valence-corrected chi connectivity index (χ3v) is 5.63. The third-order valence-electron chi connectivity index (χ3n) is 5.63. The first-order valence-corrected chi connectivity index (χ1v) is 9.04. The van der Waals surface area contributed by atoms with Crippen molar-refractivity contribution in [1.82, 2.24) is 0 Å². The summed E-state index contributed by atoms with van der Waals surface area (Å²) in [4.78, 5) is 37.1. The predicted molar refractivity (Wildman–Crippen MR) is 91.8 cm³/mol. The third kappa shape index (κ3) is 3.30. The SMILES string of the molecule is CC=CC(=O)C1(O)C(C)C(O)CC2C(C)C(=O)OC2C1OC(=O)C(C)C. The monoisotopic (exact) mass is 368 g/mol. The van der Waals surface area contributed by atoms with Crippen molar-refractivity contribution in [2.24, 2.45) is 23.7 Å². The van der Waals surface area contributed by atoms with Crippen molar-refractivity contribution in [1.29, 1.82) is 0 Å². The molecule has 1 aliphatic heterocycles. The van der Waals surface area contributed by atoms with Crippen molar-refractivity contribution in [2.75, 3.05) is 0 Å². The number of ketones is 1. The highest BCUT2D eigenvalue weighted by Gasteiger charge is 2.63. The summed E-state index contributed by atoms with van der Waals surface area (Å²) >= 11 is 0. The number of rotatable bonds is 4. The van der Waals surface area contributed by atoms with Gasteiger partial charge in [-0.1, -0.05) is 33.8 Å². The van der Waals surface area contributed by atoms with Crippen molar-refractivity contribution in [3.63, 3.8) is 0 Å². The van der Waals surface area contributed by atoms with Crippen LogP contribution in [0.1, 0.15) is 41.0 Å². The number of esters is 2. The van der Waals surface area contributed by atoms with Gasteiger partial charge in [0.15, 0.2) is 17.5 Å². The molecule has 1 saturated heterocycles. The second kappa shape index (κ2) is 7.48. The minimum atomic E-state index is -2.19. The highest BCUT2D eigenvalue weighted by atomic mass is 16.6. The summed E-state index contributed by atoms with van der Waals surface area (Å²) < 4.78 is 10.9. The van der Waals surface area contributed by atoms with E-state index in [1.165, 1.54) is 19.1 Å². The maximum Gasteiger partial charge on any atom is 0.309 e. The second-order valence-corrected chi connectivity index (χ2v) is 7.65. The molecule has 0 amide bonds. The lowest BCUT2D eigenvalue weighted by Gasteiger charge is -2.39. The molecule has 7 unspecified atom stereocenters. The largest absolute Gasteiger partial charge is 0.458 e. The molecule has 1 heterocycles. The van der Waals surface area contributed by atoms with Gasteiger partial charge in [-0.25, -0.2) is 0 Å². The molecule has 2 N–H and O–H groups in total. The quantitative estimate of drug-likeness (QED) is 0.563. The lowest BCUT2D eigenvalue weighted by Crippen LogP contribution is -2.61. The van der Waals surface area contributed by atoms with Crippen LogP contribution in [-0.2, 0) is 23.9 Å². The van der Waals surface area contributed by atoms with Crippen LogP contribution in [0.25, 0.3) is 0 Å². The molecule has 7 heteroatoms. The zero-order chi connectivity index (χ0) is 19.8. The molecular formula is C19H28O7. The summed E-state index contributed by atoms with van der Waals surface area (Å²) in [6, 6.07) is 0. The zero-order valence-electron chi connectivity index (χ0n) is 15.8. The van der Waals surface area contributed by atoms with Gasteiger partial charge in [-0.15, -0.1) is 0 Å². The number of carbonyl (C=O) groups excluding carboxylic acids is 3. The average Bonchev–Trinajstić information content (AvgIpc) is 2.82. The van der Waals surface area contributed by atoms with E-state index in [-0.39, 0.29) is 6.42 Å². The summed E-state index contributed by atoms with van der Waals surface area (Å²) in [5, 5.41) is 21.9. The molecule has 7 atom stereocenters. The Morgan fingerprint density at radius 3 is 2.50 bits per heavy atom. The smallest absolute Gasteiger partial charge is 0.309 e. The van der Waals surface area contributed by atoms with Crippen molar-refractivity contribution in [2.45, 2.75) is 65.0 Å². The Hall–Kier alpha value is -1.73. The first kappa shape index (κ1) is 20.6. The van der Waals surface area contributed by atoms with E-state index in [0.29, 0.717) is 0 Å². The molecule has 146 valence electrons. The maximum atomic E-state index is 12.8. The molecule has 2 fully saturated rings. The molecule has 0 aromatic carbocycles. The Morgan fingerprint density at radius 1 is 1.35 bits per heavy atom. The molecule has 7 nitrogen and oxygen atoms in total. The summed E-state index contributed by atoms with van der Waals surface area (Å²) in [7, 11) is 0. The number of hydrogen-bond donors (Lipinski definition) is 2. The van der Waals surface area contributed by atoms with Crippen LogP contribution in [0.15, 0.2) is 12.2 Å². The Labute approximate surface area is 153 Å². The fraction of sp³-hybridized carbons (Fsp3) is 0.737. The van der Waals surface area contributed by atoms with Gasteiger partial charge in [0.05, 0.1) is 17.9 Å². The lowest BCUT2D eigenvalue weighted by atomic mass is 9.77. The molecule has 0 aromatic heterocycles. The molecule has 0 spiro atoms. The number of aliphatic hydroxyl groups is 2. The van der Waals surface area contributed by atoms with E-state index in [1.807, 2.05) is 0 Å². The van der Waals surface area contributed by atoms with Gasteiger partial charge in [0.1, 0.15) is 6.10 Å². The molecule has 2 aliphatic rings. The van der Waals surface area contributed by atoms with E-state index < -0.39 is 65.3 Å². The second-order valence-electron chi connectivity index (χ2n) is 7.65. The zero-order valence-corrected chi connectivity index (χ0v) is 15.8. The van der Waals surface area contributed by atoms with E-state index in [4.69, 9.17) is 9.47 Å². The van der Waals surface area contributed by atoms with Crippen LogP contribution in [0, 0.1) is 23.7 Å². The number of ether oxygens (including phenoxy) is 2. The molecule has 26 heavy (non-hydrogen) atoms. The van der Waals surface area contributed by atoms with Crippen molar-refractivity contribution < 1.29 is 34.1 Å². The van der Waals surface area contributed by atoms with Gasteiger partial charge in [-0.3, -0.25) is 14.4 Å². The maximum absolute atomic E-state index is 12.8. The highest BCUT2D eigenvalue weighted by Crippen LogP contribution is 2.45. The van der Waals surface area contributed by atoms with E-state index in [9.17, 15) is 24.6 Å². The topological polar surface area (TPSA) is 110 Å². The van der Waals surface area contributed by atoms with Crippen molar-refractivity contribution in [3.05, 3.63) is 12.2 Å². The molecule has 0 bridgehead atoms. The summed E-state index contributed by atoms with van der Waals surface area (Å²) in [6.45, 7) is 8.09. The normalized spacial score (nSPS) is 40.2. The average molecular weight is 368 g/mol. The molecule has 1 saturated carbocycles. The Kier molecular flexibility index (Phi) is 5.92. The van der Waals surface area contributed by atoms with Gasteiger partial charge in [-0.2, -0.15) is 0 Å². The van der Waals surface area contributed by atoms with Crippen LogP contribution < -0.4 is 0 Å². The molecule has 2 rings (SSSR count). The van der Waals surface area contributed by atoms with Gasteiger partial charge in [0.2, 0.25) is 0 Å². The molecular weight excluding hydrogens is 340 g/mol. The first-order chi connectivity index (χ1) is 12.0. The first-order valence-electron chi connectivity index (χ1n) is 9.04. The van der Waals surface area contributed by atoms with Crippen LogP contribution in [-0.4, -0.2) is 51.8 Å². The van der Waals surface area contributed by atoms with E-state index >= 15 is 0 Å². The van der Waals surface area contributed by atoms with E-state index in [2.05, 4.69) is 0 Å². The van der Waals surface area contributed by atoms with Crippen LogP contribution in [0.5, 0.6) is 0 Å². The van der Waals surface area contributed by atoms with Gasteiger partial charge < -0.3 is 19.7 Å². The fourth-order valence-corrected chi connectivity index (χ4v) is 3.77. The molecule has 0 radical (unpaired) electrons. The Morgan fingerprint density at radius 2 is 1.96 bits per heavy atom. The lowest BCUT2D eigenvalue weighted by molar-refractivity contribution is -0.199. The van der Waals surface area contributed by atoms with Crippen LogP contribution in [0.2, 0.25) is 0 Å². The van der Waals surface area contributed by atoms with Crippen LogP contribution in [0.4, 0.5) is 0 Å². The Bertz CT molecular complexity index is 611. The number of aliphatic hydroxyl groups excluding tert-OH is 1. The standard InChI is InChI=1S/C19H28O7/c1-6-7-14(21)19(24)11(5)13(20)8-12-10(4)18(23)25-15(12)16(19)26-17(22)9(2)3/h6-7,9-13,15-16,20,24H,8H2,1-5H3. The summed E-state index contributed by atoms with van der Waals surface area (Å²) in [6.07, 6.45) is -0.612. The van der Waals surface area contributed by atoms with Crippen LogP contribution in [0.3, 0.4) is 0 Å². The van der Waals surface area contributed by atoms with E-state index in [1.54, 1.807) is 27.7 Å². The number of carbonyl (C=O) groups is 3. The minimum Gasteiger partial charge on any atom is -0.458 e. The summed E-state index contributed by atoms with van der Waals surface area (Å²) in [5.74, 6) is -4.18. The summed E-state index contributed by atoms with van der Waals surface area (Å²) in [5.41, 5.74) is -2.19. The van der Waals surface area contributed by atoms with Crippen molar-refractivity contribution in [3.8, 4) is 0 Å². The van der Waals surface area contributed by atoms with Crippen molar-refractivity contribution >= 4 is 17.7 Å². The van der Waals surface area contributed by atoms with Gasteiger partial charge in [-0.05, 0) is 19.4 Å². The molecule has 0 aromatic rings. The highest BCUT2D eigenvalue weighted by molar-refractivity contribution is 5.98. The van der Waals surface area contributed by atoms with Gasteiger partial charge >= 0.3 is 11.9 Å². The van der Waals surface area contributed by atoms with Crippen LogP contribution >= 0.6 is 0 Å². The Balaban J connectivity index is 2.58. The van der Waals surface area contributed by atoms with Gasteiger partial charge in [0.25, 0.3) is 0 Å². The number of fused-ring (bicyclic) bond motifs is 1. The number of allylic oxidation sites excluding steroid dienone is 1. The fourth-order valence-electron chi connectivity index (χ4n) is 3.77. The number of hydrogen-bond acceptors (Lipinski definition) is 7.